The van der Waals surface area contributed by atoms with Crippen molar-refractivity contribution in [1.82, 2.24) is 4.90 Å². The van der Waals surface area contributed by atoms with E-state index in [9.17, 15) is 18.0 Å². The highest BCUT2D eigenvalue weighted by Gasteiger charge is 2.30. The lowest BCUT2D eigenvalue weighted by molar-refractivity contribution is -0.137. The topological polar surface area (TPSA) is 48.0 Å². The van der Waals surface area contributed by atoms with E-state index in [1.807, 2.05) is 0 Å². The number of halogens is 3. The van der Waals surface area contributed by atoms with Gasteiger partial charge in [0.25, 0.3) is 5.91 Å². The van der Waals surface area contributed by atoms with E-state index < -0.39 is 17.6 Å². The summed E-state index contributed by atoms with van der Waals surface area (Å²) in [6, 6.07) is 7.51. The average Bonchev–Trinajstić information content (AvgIpc) is 2.66. The Morgan fingerprint density at radius 3 is 2.00 bits per heavy atom. The normalized spacial score (nSPS) is 11.1. The van der Waals surface area contributed by atoms with Gasteiger partial charge in [0.05, 0.1) is 26.9 Å². The fourth-order valence-corrected chi connectivity index (χ4v) is 2.64. The first-order chi connectivity index (χ1) is 12.7. The van der Waals surface area contributed by atoms with Crippen LogP contribution in [0.15, 0.2) is 36.4 Å². The molecule has 1 amide bonds. The van der Waals surface area contributed by atoms with Crippen molar-refractivity contribution in [2.24, 2.45) is 0 Å². The van der Waals surface area contributed by atoms with Gasteiger partial charge in [-0.25, -0.2) is 0 Å². The summed E-state index contributed by atoms with van der Waals surface area (Å²) in [6.45, 7) is 0.170. The molecular formula is C19H20F3NO4. The second-order valence-electron chi connectivity index (χ2n) is 5.73. The minimum atomic E-state index is -4.44. The Bertz CT molecular complexity index is 804. The molecule has 5 nitrogen and oxygen atoms in total. The van der Waals surface area contributed by atoms with E-state index >= 15 is 0 Å². The number of carbonyl (C=O) groups excluding carboxylic acids is 1. The highest BCUT2D eigenvalue weighted by atomic mass is 19.4. The first kappa shape index (κ1) is 20.4. The lowest BCUT2D eigenvalue weighted by atomic mass is 10.1. The molecule has 0 aliphatic rings. The van der Waals surface area contributed by atoms with Crippen molar-refractivity contribution in [3.63, 3.8) is 0 Å². The molecule has 0 spiro atoms. The van der Waals surface area contributed by atoms with Crippen molar-refractivity contribution >= 4 is 5.91 Å². The van der Waals surface area contributed by atoms with Crippen molar-refractivity contribution in [1.29, 1.82) is 0 Å². The molecule has 0 heterocycles. The molecule has 0 aliphatic heterocycles. The summed E-state index contributed by atoms with van der Waals surface area (Å²) in [5, 5.41) is 0. The zero-order chi connectivity index (χ0) is 20.2. The smallest absolute Gasteiger partial charge is 0.416 e. The first-order valence-corrected chi connectivity index (χ1v) is 7.93. The second-order valence-corrected chi connectivity index (χ2v) is 5.73. The van der Waals surface area contributed by atoms with Crippen LogP contribution < -0.4 is 14.2 Å². The van der Waals surface area contributed by atoms with Crippen LogP contribution in [0, 0.1) is 0 Å². The standard InChI is InChI=1S/C19H20F3NO4/c1-23(18(24)12-5-8-14(9-6-12)19(20,21)22)11-13-7-10-15(25-2)17(27-4)16(13)26-3/h5-10H,11H2,1-4H3. The average molecular weight is 383 g/mol. The molecule has 0 bridgehead atoms. The summed E-state index contributed by atoms with van der Waals surface area (Å²) < 4.78 is 53.9. The number of rotatable bonds is 6. The minimum absolute atomic E-state index is 0.157. The molecule has 0 atom stereocenters. The lowest BCUT2D eigenvalue weighted by Gasteiger charge is -2.21. The van der Waals surface area contributed by atoms with Crippen LogP contribution in [0.1, 0.15) is 21.5 Å². The van der Waals surface area contributed by atoms with Crippen LogP contribution >= 0.6 is 0 Å². The minimum Gasteiger partial charge on any atom is -0.493 e. The molecule has 0 aliphatic carbocycles. The predicted molar refractivity (Wildman–Crippen MR) is 93.3 cm³/mol. The quantitative estimate of drug-likeness (QED) is 0.757. The number of hydrogen-bond donors (Lipinski definition) is 0. The fraction of sp³-hybridized carbons (Fsp3) is 0.316. The molecule has 2 rings (SSSR count). The third kappa shape index (κ3) is 4.45. The molecule has 27 heavy (non-hydrogen) atoms. The monoisotopic (exact) mass is 383 g/mol. The third-order valence-corrected chi connectivity index (χ3v) is 4.00. The summed E-state index contributed by atoms with van der Waals surface area (Å²) in [6.07, 6.45) is -4.44. The number of ether oxygens (including phenoxy) is 3. The highest BCUT2D eigenvalue weighted by molar-refractivity contribution is 5.94. The van der Waals surface area contributed by atoms with Crippen LogP contribution in [0.4, 0.5) is 13.2 Å². The summed E-state index contributed by atoms with van der Waals surface area (Å²) in [7, 11) is 5.99. The Labute approximate surface area is 155 Å². The maximum absolute atomic E-state index is 12.7. The Morgan fingerprint density at radius 1 is 0.926 bits per heavy atom. The van der Waals surface area contributed by atoms with E-state index in [-0.39, 0.29) is 12.1 Å². The highest BCUT2D eigenvalue weighted by Crippen LogP contribution is 2.40. The van der Waals surface area contributed by atoms with E-state index in [4.69, 9.17) is 14.2 Å². The van der Waals surface area contributed by atoms with E-state index in [1.165, 1.54) is 26.2 Å². The van der Waals surface area contributed by atoms with Crippen molar-refractivity contribution < 1.29 is 32.2 Å². The zero-order valence-electron chi connectivity index (χ0n) is 15.4. The van der Waals surface area contributed by atoms with Crippen LogP contribution in [0.3, 0.4) is 0 Å². The van der Waals surface area contributed by atoms with Crippen molar-refractivity contribution in [3.8, 4) is 17.2 Å². The van der Waals surface area contributed by atoms with Crippen LogP contribution in [0.25, 0.3) is 0 Å². The molecule has 0 aromatic heterocycles. The third-order valence-electron chi connectivity index (χ3n) is 4.00. The van der Waals surface area contributed by atoms with Gasteiger partial charge in [0.1, 0.15) is 0 Å². The molecule has 8 heteroatoms. The van der Waals surface area contributed by atoms with Gasteiger partial charge in [0, 0.05) is 24.7 Å². The predicted octanol–water partition coefficient (Wildman–Crippen LogP) is 4.00. The van der Waals surface area contributed by atoms with Crippen LogP contribution in [0.2, 0.25) is 0 Å². The number of methoxy groups -OCH3 is 3. The van der Waals surface area contributed by atoms with Crippen molar-refractivity contribution in [2.45, 2.75) is 12.7 Å². The molecule has 0 saturated carbocycles. The maximum atomic E-state index is 12.7. The molecule has 2 aromatic rings. The van der Waals surface area contributed by atoms with Gasteiger partial charge in [0.2, 0.25) is 5.75 Å². The molecule has 0 unspecified atom stereocenters. The van der Waals surface area contributed by atoms with Gasteiger partial charge in [-0.2, -0.15) is 13.2 Å². The second kappa shape index (κ2) is 8.20. The molecule has 0 saturated heterocycles. The number of nitrogens with zero attached hydrogens (tertiary/aromatic N) is 1. The Morgan fingerprint density at radius 2 is 1.52 bits per heavy atom. The Balaban J connectivity index is 2.24. The van der Waals surface area contributed by atoms with Crippen LogP contribution in [0.5, 0.6) is 17.2 Å². The summed E-state index contributed by atoms with van der Waals surface area (Å²) >= 11 is 0. The van der Waals surface area contributed by atoms with Gasteiger partial charge in [-0.3, -0.25) is 4.79 Å². The van der Waals surface area contributed by atoms with Gasteiger partial charge >= 0.3 is 6.18 Å². The Hall–Kier alpha value is -2.90. The van der Waals surface area contributed by atoms with Gasteiger partial charge < -0.3 is 19.1 Å². The number of alkyl halides is 3. The summed E-state index contributed by atoms with van der Waals surface area (Å²) in [5.74, 6) is 0.882. The number of benzene rings is 2. The lowest BCUT2D eigenvalue weighted by Crippen LogP contribution is -2.26. The summed E-state index contributed by atoms with van der Waals surface area (Å²) in [5.41, 5.74) is 0.0196. The molecule has 146 valence electrons. The van der Waals surface area contributed by atoms with Gasteiger partial charge in [-0.1, -0.05) is 0 Å². The maximum Gasteiger partial charge on any atom is 0.416 e. The Kier molecular flexibility index (Phi) is 6.20. The molecule has 0 N–H and O–H groups in total. The first-order valence-electron chi connectivity index (χ1n) is 7.93. The van der Waals surface area contributed by atoms with Gasteiger partial charge in [0.15, 0.2) is 11.5 Å². The van der Waals surface area contributed by atoms with Gasteiger partial charge in [-0.15, -0.1) is 0 Å². The van der Waals surface area contributed by atoms with Gasteiger partial charge in [-0.05, 0) is 36.4 Å². The van der Waals surface area contributed by atoms with E-state index in [2.05, 4.69) is 0 Å². The number of carbonyl (C=O) groups is 1. The fourth-order valence-electron chi connectivity index (χ4n) is 2.64. The molecule has 0 fully saturated rings. The number of hydrogen-bond acceptors (Lipinski definition) is 4. The van der Waals surface area contributed by atoms with E-state index in [0.717, 1.165) is 24.3 Å². The van der Waals surface area contributed by atoms with E-state index in [1.54, 1.807) is 19.2 Å². The number of amides is 1. The zero-order valence-corrected chi connectivity index (χ0v) is 15.4. The van der Waals surface area contributed by atoms with Crippen molar-refractivity contribution in [3.05, 3.63) is 53.1 Å². The van der Waals surface area contributed by atoms with Crippen LogP contribution in [-0.4, -0.2) is 39.2 Å². The summed E-state index contributed by atoms with van der Waals surface area (Å²) in [4.78, 5) is 13.9. The molecule has 2 aromatic carbocycles. The molecular weight excluding hydrogens is 363 g/mol. The molecule has 0 radical (unpaired) electrons. The SMILES string of the molecule is COc1ccc(CN(C)C(=O)c2ccc(C(F)(F)F)cc2)c(OC)c1OC. The van der Waals surface area contributed by atoms with Crippen LogP contribution in [-0.2, 0) is 12.7 Å². The van der Waals surface area contributed by atoms with E-state index in [0.29, 0.717) is 22.8 Å². The van der Waals surface area contributed by atoms with Crippen molar-refractivity contribution in [2.75, 3.05) is 28.4 Å². The largest absolute Gasteiger partial charge is 0.493 e.